The van der Waals surface area contributed by atoms with Gasteiger partial charge in [-0.3, -0.25) is 5.32 Å². The minimum Gasteiger partial charge on any atom is -0.477 e. The first-order valence-corrected chi connectivity index (χ1v) is 8.57. The molecule has 6 heteroatoms. The van der Waals surface area contributed by atoms with Gasteiger partial charge in [0.25, 0.3) is 0 Å². The van der Waals surface area contributed by atoms with Gasteiger partial charge in [0.05, 0.1) is 5.69 Å². The lowest BCUT2D eigenvalue weighted by atomic mass is 9.98. The Morgan fingerprint density at radius 3 is 2.22 bits per heavy atom. The van der Waals surface area contributed by atoms with E-state index in [0.717, 1.165) is 22.3 Å². The number of fused-ring (bicyclic) bond motifs is 3. The van der Waals surface area contributed by atoms with Crippen LogP contribution in [0.4, 0.5) is 10.5 Å². The predicted molar refractivity (Wildman–Crippen MR) is 101 cm³/mol. The molecular weight excluding hydrogens is 344 g/mol. The molecule has 0 saturated carbocycles. The topological polar surface area (TPSA) is 80.6 Å². The fraction of sp³-hybridized carbons (Fsp3) is 0.143. The minimum absolute atomic E-state index is 0.00325. The number of ether oxygens (including phenoxy) is 1. The van der Waals surface area contributed by atoms with Crippen LogP contribution >= 0.6 is 0 Å². The Hall–Kier alpha value is -3.54. The van der Waals surface area contributed by atoms with Crippen LogP contribution in [-0.2, 0) is 11.8 Å². The van der Waals surface area contributed by atoms with Crippen LogP contribution in [0, 0.1) is 0 Å². The molecule has 0 atom stereocenters. The van der Waals surface area contributed by atoms with Gasteiger partial charge < -0.3 is 14.4 Å². The molecule has 4 rings (SSSR count). The average molecular weight is 362 g/mol. The Balaban J connectivity index is 1.51. The van der Waals surface area contributed by atoms with Crippen molar-refractivity contribution in [1.82, 2.24) is 4.57 Å². The largest absolute Gasteiger partial charge is 0.477 e. The summed E-state index contributed by atoms with van der Waals surface area (Å²) in [4.78, 5) is 23.6. The number of carbonyl (C=O) groups is 2. The lowest BCUT2D eigenvalue weighted by Crippen LogP contribution is -2.19. The zero-order valence-corrected chi connectivity index (χ0v) is 14.7. The van der Waals surface area contributed by atoms with Gasteiger partial charge in [-0.15, -0.1) is 0 Å². The quantitative estimate of drug-likeness (QED) is 0.733. The highest BCUT2D eigenvalue weighted by Gasteiger charge is 2.29. The molecular formula is C21H18N2O4. The van der Waals surface area contributed by atoms with Crippen molar-refractivity contribution in [2.24, 2.45) is 7.05 Å². The summed E-state index contributed by atoms with van der Waals surface area (Å²) in [6.45, 7) is 0.176. The van der Waals surface area contributed by atoms with Gasteiger partial charge in [0.15, 0.2) is 5.69 Å². The van der Waals surface area contributed by atoms with Gasteiger partial charge in [0, 0.05) is 19.2 Å². The molecule has 0 fully saturated rings. The molecule has 27 heavy (non-hydrogen) atoms. The maximum Gasteiger partial charge on any atom is 0.411 e. The highest BCUT2D eigenvalue weighted by Crippen LogP contribution is 2.44. The number of nitrogens with one attached hydrogen (secondary N) is 1. The highest BCUT2D eigenvalue weighted by molar-refractivity contribution is 5.97. The second kappa shape index (κ2) is 6.64. The number of amides is 1. The van der Waals surface area contributed by atoms with Gasteiger partial charge in [0.1, 0.15) is 6.61 Å². The first kappa shape index (κ1) is 16.9. The third-order valence-corrected chi connectivity index (χ3v) is 4.86. The SMILES string of the molecule is Cn1ccc(NC(=O)OCC2c3ccccc3-c3ccccc32)c1C(=O)O. The number of hydrogen-bond donors (Lipinski definition) is 2. The van der Waals surface area contributed by atoms with E-state index in [2.05, 4.69) is 17.4 Å². The standard InChI is InChI=1S/C21H18N2O4/c1-23-11-10-18(19(23)20(24)25)22-21(26)27-12-17-15-8-4-2-6-13(15)14-7-3-5-9-16(14)17/h2-11,17H,12H2,1H3,(H,22,26)(H,24,25). The van der Waals surface area contributed by atoms with E-state index in [0.29, 0.717) is 0 Å². The zero-order valence-electron chi connectivity index (χ0n) is 14.7. The van der Waals surface area contributed by atoms with Crippen LogP contribution in [0.2, 0.25) is 0 Å². The molecule has 1 aliphatic carbocycles. The average Bonchev–Trinajstić information content (AvgIpc) is 3.18. The normalized spacial score (nSPS) is 12.3. The van der Waals surface area contributed by atoms with Crippen molar-refractivity contribution < 1.29 is 19.4 Å². The summed E-state index contributed by atoms with van der Waals surface area (Å²) in [5.41, 5.74) is 4.76. The summed E-state index contributed by atoms with van der Waals surface area (Å²) < 4.78 is 6.87. The van der Waals surface area contributed by atoms with Crippen molar-refractivity contribution in [2.75, 3.05) is 11.9 Å². The molecule has 0 radical (unpaired) electrons. The van der Waals surface area contributed by atoms with Crippen molar-refractivity contribution in [3.05, 3.63) is 77.6 Å². The molecule has 1 aliphatic rings. The lowest BCUT2D eigenvalue weighted by Gasteiger charge is -2.14. The van der Waals surface area contributed by atoms with Gasteiger partial charge in [-0.1, -0.05) is 48.5 Å². The van der Waals surface area contributed by atoms with Crippen molar-refractivity contribution >= 4 is 17.7 Å². The monoisotopic (exact) mass is 362 g/mol. The molecule has 6 nitrogen and oxygen atoms in total. The Morgan fingerprint density at radius 2 is 1.63 bits per heavy atom. The van der Waals surface area contributed by atoms with Crippen molar-refractivity contribution in [3.63, 3.8) is 0 Å². The summed E-state index contributed by atoms with van der Waals surface area (Å²) >= 11 is 0. The van der Waals surface area contributed by atoms with Gasteiger partial charge in [0.2, 0.25) is 0 Å². The Kier molecular flexibility index (Phi) is 4.16. The summed E-state index contributed by atoms with van der Waals surface area (Å²) in [5.74, 6) is -1.16. The molecule has 1 aromatic heterocycles. The first-order valence-electron chi connectivity index (χ1n) is 8.57. The third kappa shape index (κ3) is 2.95. The van der Waals surface area contributed by atoms with E-state index < -0.39 is 12.1 Å². The van der Waals surface area contributed by atoms with E-state index in [9.17, 15) is 14.7 Å². The number of carboxylic acids is 1. The predicted octanol–water partition coefficient (Wildman–Crippen LogP) is 4.08. The number of aryl methyl sites for hydroxylation is 1. The second-order valence-corrected chi connectivity index (χ2v) is 6.44. The minimum atomic E-state index is -1.11. The summed E-state index contributed by atoms with van der Waals surface area (Å²) in [6.07, 6.45) is 0.897. The number of nitrogens with zero attached hydrogens (tertiary/aromatic N) is 1. The van der Waals surface area contributed by atoms with E-state index in [4.69, 9.17) is 4.74 Å². The molecule has 2 N–H and O–H groups in total. The van der Waals surface area contributed by atoms with Crippen LogP contribution in [-0.4, -0.2) is 28.3 Å². The highest BCUT2D eigenvalue weighted by atomic mass is 16.5. The molecule has 0 spiro atoms. The number of carboxylic acid groups (broad SMARTS) is 1. The molecule has 3 aromatic rings. The van der Waals surface area contributed by atoms with Gasteiger partial charge in [-0.05, 0) is 28.3 Å². The number of aromatic carboxylic acids is 1. The van der Waals surface area contributed by atoms with Crippen LogP contribution in [0.25, 0.3) is 11.1 Å². The molecule has 136 valence electrons. The van der Waals surface area contributed by atoms with Gasteiger partial charge >= 0.3 is 12.1 Å². The van der Waals surface area contributed by atoms with E-state index in [1.807, 2.05) is 36.4 Å². The van der Waals surface area contributed by atoms with E-state index >= 15 is 0 Å². The molecule has 2 aromatic carbocycles. The number of hydrogen-bond acceptors (Lipinski definition) is 3. The summed E-state index contributed by atoms with van der Waals surface area (Å²) in [5, 5.41) is 11.8. The van der Waals surface area contributed by atoms with E-state index in [1.165, 1.54) is 10.6 Å². The number of rotatable bonds is 4. The van der Waals surface area contributed by atoms with Gasteiger partial charge in [-0.25, -0.2) is 9.59 Å². The molecule has 1 amide bonds. The van der Waals surface area contributed by atoms with E-state index in [1.54, 1.807) is 13.2 Å². The number of carbonyl (C=O) groups excluding carboxylic acids is 1. The third-order valence-electron chi connectivity index (χ3n) is 4.86. The van der Waals surface area contributed by atoms with Crippen LogP contribution in [0.5, 0.6) is 0 Å². The molecule has 1 heterocycles. The molecule has 0 unspecified atom stereocenters. The maximum absolute atomic E-state index is 12.2. The van der Waals surface area contributed by atoms with Gasteiger partial charge in [-0.2, -0.15) is 0 Å². The summed E-state index contributed by atoms with van der Waals surface area (Å²) in [7, 11) is 1.60. The number of aromatic nitrogens is 1. The Morgan fingerprint density at radius 1 is 1.04 bits per heavy atom. The second-order valence-electron chi connectivity index (χ2n) is 6.44. The Bertz CT molecular complexity index is 993. The summed E-state index contributed by atoms with van der Waals surface area (Å²) in [6, 6.07) is 17.7. The fourth-order valence-corrected chi connectivity index (χ4v) is 3.64. The van der Waals surface area contributed by atoms with Crippen LogP contribution in [0.3, 0.4) is 0 Å². The van der Waals surface area contributed by atoms with Crippen LogP contribution < -0.4 is 5.32 Å². The maximum atomic E-state index is 12.2. The fourth-order valence-electron chi connectivity index (χ4n) is 3.64. The van der Waals surface area contributed by atoms with Crippen molar-refractivity contribution in [2.45, 2.75) is 5.92 Å². The molecule has 0 saturated heterocycles. The molecule has 0 bridgehead atoms. The Labute approximate surface area is 156 Å². The first-order chi connectivity index (χ1) is 13.1. The smallest absolute Gasteiger partial charge is 0.411 e. The molecule has 0 aliphatic heterocycles. The number of anilines is 1. The van der Waals surface area contributed by atoms with Crippen LogP contribution in [0.15, 0.2) is 60.8 Å². The zero-order chi connectivity index (χ0) is 19.0. The van der Waals surface area contributed by atoms with Crippen molar-refractivity contribution in [1.29, 1.82) is 0 Å². The van der Waals surface area contributed by atoms with Crippen LogP contribution in [0.1, 0.15) is 27.5 Å². The lowest BCUT2D eigenvalue weighted by molar-refractivity contribution is 0.0688. The van der Waals surface area contributed by atoms with E-state index in [-0.39, 0.29) is 23.9 Å². The number of benzene rings is 2. The van der Waals surface area contributed by atoms with Crippen molar-refractivity contribution in [3.8, 4) is 11.1 Å².